The molecule has 1 atom stereocenters. The van der Waals surface area contributed by atoms with Gasteiger partial charge in [-0.3, -0.25) is 4.79 Å². The average molecular weight is 262 g/mol. The van der Waals surface area contributed by atoms with Crippen LogP contribution in [0, 0.1) is 12.8 Å². The van der Waals surface area contributed by atoms with Gasteiger partial charge in [0.05, 0.1) is 0 Å². The van der Waals surface area contributed by atoms with Crippen molar-refractivity contribution in [2.45, 2.75) is 46.1 Å². The molecule has 1 aromatic rings. The molecule has 1 amide bonds. The third kappa shape index (κ3) is 6.39. The number of rotatable bonds is 8. The molecule has 0 spiro atoms. The second kappa shape index (κ2) is 8.70. The Bertz CT molecular complexity index is 390. The van der Waals surface area contributed by atoms with E-state index in [1.54, 1.807) is 0 Å². The predicted octanol–water partition coefficient (Wildman–Crippen LogP) is 2.77. The number of carbonyl (C=O) groups is 1. The van der Waals surface area contributed by atoms with Gasteiger partial charge in [-0.2, -0.15) is 0 Å². The summed E-state index contributed by atoms with van der Waals surface area (Å²) in [5, 5.41) is 2.98. The minimum Gasteiger partial charge on any atom is -0.352 e. The number of aryl methyl sites for hydroxylation is 1. The molecule has 1 unspecified atom stereocenters. The summed E-state index contributed by atoms with van der Waals surface area (Å²) in [6.45, 7) is 5.55. The SMILES string of the molecule is CCC(CCN)CCC(=O)NCc1cccc(C)c1. The van der Waals surface area contributed by atoms with E-state index in [2.05, 4.69) is 31.3 Å². The van der Waals surface area contributed by atoms with Crippen molar-refractivity contribution >= 4 is 5.91 Å². The van der Waals surface area contributed by atoms with E-state index in [4.69, 9.17) is 5.73 Å². The van der Waals surface area contributed by atoms with Crippen LogP contribution in [0.3, 0.4) is 0 Å². The van der Waals surface area contributed by atoms with Gasteiger partial charge in [0.15, 0.2) is 0 Å². The molecule has 0 aliphatic carbocycles. The summed E-state index contributed by atoms with van der Waals surface area (Å²) in [7, 11) is 0. The number of nitrogens with one attached hydrogen (secondary N) is 1. The quantitative estimate of drug-likeness (QED) is 0.757. The molecule has 0 saturated carbocycles. The van der Waals surface area contributed by atoms with Gasteiger partial charge in [0.2, 0.25) is 5.91 Å². The zero-order valence-electron chi connectivity index (χ0n) is 12.1. The van der Waals surface area contributed by atoms with Gasteiger partial charge < -0.3 is 11.1 Å². The molecule has 0 aliphatic rings. The van der Waals surface area contributed by atoms with Crippen LogP contribution in [0.5, 0.6) is 0 Å². The van der Waals surface area contributed by atoms with Gasteiger partial charge in [0, 0.05) is 13.0 Å². The number of nitrogens with two attached hydrogens (primary N) is 1. The minimum absolute atomic E-state index is 0.136. The molecule has 3 nitrogen and oxygen atoms in total. The highest BCUT2D eigenvalue weighted by Crippen LogP contribution is 2.14. The van der Waals surface area contributed by atoms with Crippen molar-refractivity contribution in [2.75, 3.05) is 6.54 Å². The van der Waals surface area contributed by atoms with Crippen LogP contribution in [0.1, 0.15) is 43.7 Å². The molecule has 0 bridgehead atoms. The molecular formula is C16H26N2O. The molecule has 0 saturated heterocycles. The smallest absolute Gasteiger partial charge is 0.220 e. The van der Waals surface area contributed by atoms with Gasteiger partial charge in [-0.05, 0) is 37.8 Å². The lowest BCUT2D eigenvalue weighted by Gasteiger charge is -2.13. The Morgan fingerprint density at radius 1 is 1.37 bits per heavy atom. The number of hydrogen-bond donors (Lipinski definition) is 2. The van der Waals surface area contributed by atoms with Gasteiger partial charge in [-0.1, -0.05) is 43.2 Å². The maximum absolute atomic E-state index is 11.8. The topological polar surface area (TPSA) is 55.1 Å². The molecule has 106 valence electrons. The van der Waals surface area contributed by atoms with E-state index in [1.807, 2.05) is 12.1 Å². The highest BCUT2D eigenvalue weighted by Gasteiger charge is 2.08. The summed E-state index contributed by atoms with van der Waals surface area (Å²) in [5.74, 6) is 0.715. The Balaban J connectivity index is 2.28. The van der Waals surface area contributed by atoms with Crippen LogP contribution in [0.4, 0.5) is 0 Å². The Kier molecular flexibility index (Phi) is 7.19. The Morgan fingerprint density at radius 3 is 2.79 bits per heavy atom. The Hall–Kier alpha value is -1.35. The minimum atomic E-state index is 0.136. The number of benzene rings is 1. The van der Waals surface area contributed by atoms with E-state index in [0.717, 1.165) is 24.8 Å². The molecule has 19 heavy (non-hydrogen) atoms. The number of hydrogen-bond acceptors (Lipinski definition) is 2. The largest absolute Gasteiger partial charge is 0.352 e. The van der Waals surface area contributed by atoms with E-state index < -0.39 is 0 Å². The third-order valence-corrected chi connectivity index (χ3v) is 3.50. The summed E-state index contributed by atoms with van der Waals surface area (Å²) < 4.78 is 0. The highest BCUT2D eigenvalue weighted by atomic mass is 16.1. The third-order valence-electron chi connectivity index (χ3n) is 3.50. The summed E-state index contributed by atoms with van der Waals surface area (Å²) in [5.41, 5.74) is 7.94. The van der Waals surface area contributed by atoms with Gasteiger partial charge in [-0.25, -0.2) is 0 Å². The van der Waals surface area contributed by atoms with E-state index in [0.29, 0.717) is 25.4 Å². The second-order valence-electron chi connectivity index (χ2n) is 5.16. The predicted molar refractivity (Wildman–Crippen MR) is 79.7 cm³/mol. The number of carbonyl (C=O) groups excluding carboxylic acids is 1. The average Bonchev–Trinajstić information content (AvgIpc) is 2.41. The van der Waals surface area contributed by atoms with Crippen molar-refractivity contribution in [1.82, 2.24) is 5.32 Å². The lowest BCUT2D eigenvalue weighted by Crippen LogP contribution is -2.23. The van der Waals surface area contributed by atoms with Crippen LogP contribution in [0.25, 0.3) is 0 Å². The van der Waals surface area contributed by atoms with E-state index >= 15 is 0 Å². The maximum atomic E-state index is 11.8. The normalized spacial score (nSPS) is 12.2. The molecule has 0 radical (unpaired) electrons. The first-order chi connectivity index (χ1) is 9.15. The summed E-state index contributed by atoms with van der Waals surface area (Å²) in [6, 6.07) is 8.22. The van der Waals surface area contributed by atoms with Crippen molar-refractivity contribution in [2.24, 2.45) is 11.7 Å². The fourth-order valence-electron chi connectivity index (χ4n) is 2.23. The van der Waals surface area contributed by atoms with E-state index in [1.165, 1.54) is 5.56 Å². The molecule has 0 aliphatic heterocycles. The fraction of sp³-hybridized carbons (Fsp3) is 0.562. The molecule has 0 heterocycles. The van der Waals surface area contributed by atoms with Gasteiger partial charge in [-0.15, -0.1) is 0 Å². The monoisotopic (exact) mass is 262 g/mol. The zero-order chi connectivity index (χ0) is 14.1. The molecule has 3 heteroatoms. The van der Waals surface area contributed by atoms with Crippen molar-refractivity contribution in [3.8, 4) is 0 Å². The van der Waals surface area contributed by atoms with Gasteiger partial charge in [0.25, 0.3) is 0 Å². The van der Waals surface area contributed by atoms with Crippen LogP contribution in [-0.4, -0.2) is 12.5 Å². The molecule has 0 aromatic heterocycles. The van der Waals surface area contributed by atoms with Crippen LogP contribution >= 0.6 is 0 Å². The maximum Gasteiger partial charge on any atom is 0.220 e. The van der Waals surface area contributed by atoms with Gasteiger partial charge >= 0.3 is 0 Å². The summed E-state index contributed by atoms with van der Waals surface area (Å²) in [4.78, 5) is 11.8. The van der Waals surface area contributed by atoms with Crippen molar-refractivity contribution < 1.29 is 4.79 Å². The van der Waals surface area contributed by atoms with Crippen molar-refractivity contribution in [3.05, 3.63) is 35.4 Å². The lowest BCUT2D eigenvalue weighted by atomic mass is 9.96. The number of amides is 1. The molecule has 1 rings (SSSR count). The first kappa shape index (κ1) is 15.7. The van der Waals surface area contributed by atoms with E-state index in [-0.39, 0.29) is 5.91 Å². The zero-order valence-corrected chi connectivity index (χ0v) is 12.1. The molecule has 1 aromatic carbocycles. The van der Waals surface area contributed by atoms with Crippen molar-refractivity contribution in [1.29, 1.82) is 0 Å². The van der Waals surface area contributed by atoms with Crippen LogP contribution in [0.15, 0.2) is 24.3 Å². The first-order valence-electron chi connectivity index (χ1n) is 7.18. The van der Waals surface area contributed by atoms with Crippen LogP contribution in [-0.2, 0) is 11.3 Å². The van der Waals surface area contributed by atoms with Gasteiger partial charge in [0.1, 0.15) is 0 Å². The Labute approximate surface area is 116 Å². The van der Waals surface area contributed by atoms with E-state index in [9.17, 15) is 4.79 Å². The summed E-state index contributed by atoms with van der Waals surface area (Å²) in [6.07, 6.45) is 3.65. The lowest BCUT2D eigenvalue weighted by molar-refractivity contribution is -0.121. The standard InChI is InChI=1S/C16H26N2O/c1-3-14(9-10-17)7-8-16(19)18-12-15-6-4-5-13(2)11-15/h4-6,11,14H,3,7-10,12,17H2,1-2H3,(H,18,19). The van der Waals surface area contributed by atoms with Crippen molar-refractivity contribution in [3.63, 3.8) is 0 Å². The molecule has 3 N–H and O–H groups in total. The Morgan fingerprint density at radius 2 is 2.16 bits per heavy atom. The molecular weight excluding hydrogens is 236 g/mol. The molecule has 0 fully saturated rings. The summed E-state index contributed by atoms with van der Waals surface area (Å²) >= 11 is 0. The highest BCUT2D eigenvalue weighted by molar-refractivity contribution is 5.75. The first-order valence-corrected chi connectivity index (χ1v) is 7.18. The van der Waals surface area contributed by atoms with Crippen LogP contribution in [0.2, 0.25) is 0 Å². The fourth-order valence-corrected chi connectivity index (χ4v) is 2.23. The van der Waals surface area contributed by atoms with Crippen LogP contribution < -0.4 is 11.1 Å². The second-order valence-corrected chi connectivity index (χ2v) is 5.16.